The summed E-state index contributed by atoms with van der Waals surface area (Å²) >= 11 is 0. The maximum Gasteiger partial charge on any atom is 0.269 e. The Balaban J connectivity index is 1.69. The molecule has 0 aliphatic heterocycles. The van der Waals surface area contributed by atoms with E-state index in [-0.39, 0.29) is 41.6 Å². The van der Waals surface area contributed by atoms with Gasteiger partial charge in [0.15, 0.2) is 0 Å². The molecule has 2 rings (SSSR count). The van der Waals surface area contributed by atoms with Gasteiger partial charge < -0.3 is 15.5 Å². The minimum Gasteiger partial charge on any atom is -0.508 e. The lowest BCUT2D eigenvalue weighted by molar-refractivity contribution is -0.384. The Labute approximate surface area is 159 Å². The third kappa shape index (κ3) is 6.09. The standard InChI is InChI=1S/C18H18N4O6/c23-15-8-5-13(16(24)10-15)11-20-21-17(25)2-1-9-19-18(26)12-3-6-14(7-4-12)22(27)28/h3-8,10-11,23-24H,1-2,9H2,(H,19,26)(H,21,25)/b20-11+. The van der Waals surface area contributed by atoms with Crippen LogP contribution in [0.2, 0.25) is 0 Å². The molecule has 0 atom stereocenters. The van der Waals surface area contributed by atoms with Crippen LogP contribution in [0.25, 0.3) is 0 Å². The van der Waals surface area contributed by atoms with Crippen molar-refractivity contribution in [2.24, 2.45) is 5.10 Å². The summed E-state index contributed by atoms with van der Waals surface area (Å²) in [6.45, 7) is 0.242. The molecule has 146 valence electrons. The van der Waals surface area contributed by atoms with Crippen LogP contribution in [-0.4, -0.2) is 39.7 Å². The summed E-state index contributed by atoms with van der Waals surface area (Å²) in [5.74, 6) is -1.03. The summed E-state index contributed by atoms with van der Waals surface area (Å²) in [5, 5.41) is 35.7. The fourth-order valence-electron chi connectivity index (χ4n) is 2.16. The Kier molecular flexibility index (Phi) is 7.03. The van der Waals surface area contributed by atoms with Gasteiger partial charge in [-0.15, -0.1) is 0 Å². The number of hydrogen-bond donors (Lipinski definition) is 4. The lowest BCUT2D eigenvalue weighted by Gasteiger charge is -2.05. The number of nitro groups is 1. The first-order chi connectivity index (χ1) is 13.4. The van der Waals surface area contributed by atoms with Crippen molar-refractivity contribution in [3.8, 4) is 11.5 Å². The van der Waals surface area contributed by atoms with Crippen LogP contribution in [-0.2, 0) is 4.79 Å². The van der Waals surface area contributed by atoms with Gasteiger partial charge in [-0.25, -0.2) is 5.43 Å². The number of phenolic OH excluding ortho intramolecular Hbond substituents is 2. The maximum absolute atomic E-state index is 11.9. The van der Waals surface area contributed by atoms with E-state index in [9.17, 15) is 29.9 Å². The van der Waals surface area contributed by atoms with Gasteiger partial charge in [-0.1, -0.05) is 0 Å². The van der Waals surface area contributed by atoms with Gasteiger partial charge in [0.05, 0.1) is 11.1 Å². The molecule has 0 bridgehead atoms. The van der Waals surface area contributed by atoms with E-state index in [1.807, 2.05) is 0 Å². The van der Waals surface area contributed by atoms with Gasteiger partial charge in [-0.2, -0.15) is 5.10 Å². The normalized spacial score (nSPS) is 10.6. The number of non-ortho nitro benzene ring substituents is 1. The Hall–Kier alpha value is -3.95. The van der Waals surface area contributed by atoms with Gasteiger partial charge in [-0.3, -0.25) is 19.7 Å². The number of aromatic hydroxyl groups is 2. The number of phenols is 2. The fraction of sp³-hybridized carbons (Fsp3) is 0.167. The van der Waals surface area contributed by atoms with Gasteiger partial charge in [0, 0.05) is 42.3 Å². The molecule has 0 fully saturated rings. The second-order valence-corrected chi connectivity index (χ2v) is 5.70. The molecule has 0 saturated carbocycles. The zero-order valence-corrected chi connectivity index (χ0v) is 14.7. The molecular weight excluding hydrogens is 368 g/mol. The van der Waals surface area contributed by atoms with Crippen LogP contribution in [0.3, 0.4) is 0 Å². The van der Waals surface area contributed by atoms with E-state index >= 15 is 0 Å². The largest absolute Gasteiger partial charge is 0.508 e. The van der Waals surface area contributed by atoms with E-state index in [2.05, 4.69) is 15.8 Å². The van der Waals surface area contributed by atoms with Crippen LogP contribution >= 0.6 is 0 Å². The monoisotopic (exact) mass is 386 g/mol. The molecular formula is C18H18N4O6. The van der Waals surface area contributed by atoms with Gasteiger partial charge in [0.1, 0.15) is 11.5 Å². The van der Waals surface area contributed by atoms with Crippen LogP contribution < -0.4 is 10.7 Å². The first-order valence-electron chi connectivity index (χ1n) is 8.23. The third-order valence-corrected chi connectivity index (χ3v) is 3.61. The summed E-state index contributed by atoms with van der Waals surface area (Å²) in [5.41, 5.74) is 2.80. The SMILES string of the molecule is O=C(CCCNC(=O)c1ccc([N+](=O)[O-])cc1)N/N=C/c1ccc(O)cc1O. The smallest absolute Gasteiger partial charge is 0.269 e. The van der Waals surface area contributed by atoms with Crippen molar-refractivity contribution >= 4 is 23.7 Å². The molecule has 4 N–H and O–H groups in total. The number of nitrogens with one attached hydrogen (secondary N) is 2. The van der Waals surface area contributed by atoms with Crippen LogP contribution in [0.4, 0.5) is 5.69 Å². The Bertz CT molecular complexity index is 895. The van der Waals surface area contributed by atoms with E-state index in [4.69, 9.17) is 0 Å². The molecule has 2 aromatic carbocycles. The molecule has 0 heterocycles. The highest BCUT2D eigenvalue weighted by atomic mass is 16.6. The molecule has 0 saturated heterocycles. The fourth-order valence-corrected chi connectivity index (χ4v) is 2.16. The summed E-state index contributed by atoms with van der Waals surface area (Å²) in [6, 6.07) is 9.15. The molecule has 10 nitrogen and oxygen atoms in total. The van der Waals surface area contributed by atoms with Crippen molar-refractivity contribution in [1.29, 1.82) is 0 Å². The number of benzene rings is 2. The number of hydrogen-bond acceptors (Lipinski definition) is 7. The van der Waals surface area contributed by atoms with Crippen molar-refractivity contribution in [1.82, 2.24) is 10.7 Å². The van der Waals surface area contributed by atoms with Crippen molar-refractivity contribution in [3.05, 3.63) is 63.7 Å². The summed E-state index contributed by atoms with van der Waals surface area (Å²) in [6.07, 6.45) is 1.72. The summed E-state index contributed by atoms with van der Waals surface area (Å²) in [4.78, 5) is 33.6. The van der Waals surface area contributed by atoms with E-state index in [1.165, 1.54) is 42.6 Å². The Morgan fingerprint density at radius 2 is 1.86 bits per heavy atom. The molecule has 28 heavy (non-hydrogen) atoms. The zero-order valence-electron chi connectivity index (χ0n) is 14.7. The Morgan fingerprint density at radius 3 is 2.50 bits per heavy atom. The lowest BCUT2D eigenvalue weighted by Crippen LogP contribution is -2.26. The van der Waals surface area contributed by atoms with Crippen LogP contribution in [0, 0.1) is 10.1 Å². The molecule has 0 aliphatic rings. The van der Waals surface area contributed by atoms with Crippen LogP contribution in [0.1, 0.15) is 28.8 Å². The molecule has 0 radical (unpaired) electrons. The van der Waals surface area contributed by atoms with Crippen molar-refractivity contribution in [2.75, 3.05) is 6.54 Å². The number of rotatable bonds is 8. The van der Waals surface area contributed by atoms with E-state index in [1.54, 1.807) is 0 Å². The van der Waals surface area contributed by atoms with Crippen LogP contribution in [0.15, 0.2) is 47.6 Å². The number of carbonyl (C=O) groups excluding carboxylic acids is 2. The first-order valence-corrected chi connectivity index (χ1v) is 8.23. The number of nitro benzene ring substituents is 1. The number of nitrogens with zero attached hydrogens (tertiary/aromatic N) is 2. The highest BCUT2D eigenvalue weighted by molar-refractivity contribution is 5.94. The van der Waals surface area contributed by atoms with Gasteiger partial charge in [0.25, 0.3) is 11.6 Å². The molecule has 0 unspecified atom stereocenters. The van der Waals surface area contributed by atoms with Crippen LogP contribution in [0.5, 0.6) is 11.5 Å². The zero-order chi connectivity index (χ0) is 20.5. The average molecular weight is 386 g/mol. The maximum atomic E-state index is 11.9. The van der Waals surface area contributed by atoms with Gasteiger partial charge in [-0.05, 0) is 30.7 Å². The van der Waals surface area contributed by atoms with E-state index in [0.29, 0.717) is 12.0 Å². The average Bonchev–Trinajstić information content (AvgIpc) is 2.67. The van der Waals surface area contributed by atoms with Crippen molar-refractivity contribution < 1.29 is 24.7 Å². The van der Waals surface area contributed by atoms with E-state index in [0.717, 1.165) is 6.07 Å². The van der Waals surface area contributed by atoms with Gasteiger partial charge >= 0.3 is 0 Å². The molecule has 2 aromatic rings. The third-order valence-electron chi connectivity index (χ3n) is 3.61. The Morgan fingerprint density at radius 1 is 1.14 bits per heavy atom. The topological polar surface area (TPSA) is 154 Å². The number of amides is 2. The highest BCUT2D eigenvalue weighted by Gasteiger charge is 2.09. The second-order valence-electron chi connectivity index (χ2n) is 5.70. The van der Waals surface area contributed by atoms with Crippen molar-refractivity contribution in [3.63, 3.8) is 0 Å². The summed E-state index contributed by atoms with van der Waals surface area (Å²) < 4.78 is 0. The quantitative estimate of drug-likeness (QED) is 0.234. The highest BCUT2D eigenvalue weighted by Crippen LogP contribution is 2.20. The molecule has 0 spiro atoms. The molecule has 0 aliphatic carbocycles. The lowest BCUT2D eigenvalue weighted by atomic mass is 10.2. The number of hydrazone groups is 1. The predicted octanol–water partition coefficient (Wildman–Crippen LogP) is 1.67. The molecule has 10 heteroatoms. The minimum atomic E-state index is -0.550. The van der Waals surface area contributed by atoms with Crippen molar-refractivity contribution in [2.45, 2.75) is 12.8 Å². The van der Waals surface area contributed by atoms with Gasteiger partial charge in [0.2, 0.25) is 5.91 Å². The summed E-state index contributed by atoms with van der Waals surface area (Å²) in [7, 11) is 0. The van der Waals surface area contributed by atoms with E-state index < -0.39 is 10.8 Å². The predicted molar refractivity (Wildman–Crippen MR) is 100 cm³/mol. The second kappa shape index (κ2) is 9.67. The first kappa shape index (κ1) is 20.4. The molecule has 2 amide bonds. The molecule has 0 aromatic heterocycles. The number of carbonyl (C=O) groups is 2. The minimum absolute atomic E-state index is 0.0885.